The van der Waals surface area contributed by atoms with E-state index in [0.29, 0.717) is 11.4 Å². The fourth-order valence-corrected chi connectivity index (χ4v) is 2.47. The van der Waals surface area contributed by atoms with Crippen molar-refractivity contribution < 1.29 is 14.0 Å². The normalized spacial score (nSPS) is 12.1. The number of hydrogen-bond acceptors (Lipinski definition) is 4. The third kappa shape index (κ3) is 4.19. The first-order chi connectivity index (χ1) is 10.1. The predicted molar refractivity (Wildman–Crippen MR) is 81.0 cm³/mol. The van der Waals surface area contributed by atoms with Crippen molar-refractivity contribution in [3.05, 3.63) is 46.5 Å². The Labute approximate surface area is 127 Å². The van der Waals surface area contributed by atoms with Gasteiger partial charge in [-0.05, 0) is 23.4 Å². The number of carbonyl (C=O) groups is 2. The van der Waals surface area contributed by atoms with Crippen LogP contribution >= 0.6 is 11.3 Å². The van der Waals surface area contributed by atoms with E-state index in [2.05, 4.69) is 10.6 Å². The molecule has 0 aliphatic heterocycles. The Morgan fingerprint density at radius 1 is 1.33 bits per heavy atom. The fourth-order valence-electron chi connectivity index (χ4n) is 1.85. The van der Waals surface area contributed by atoms with Crippen LogP contribution in [0.2, 0.25) is 0 Å². The first kappa shape index (κ1) is 15.3. The standard InChI is InChI=1S/C15H18N2O3S/c1-10(2)13(17-14(18)12-4-3-7-21-12)15(19)16-8-11-5-6-20-9-11/h3-7,9-10,13H,8H2,1-2H3,(H,16,19)(H,17,18)/t13-/m1/s1. The van der Waals surface area contributed by atoms with Crippen LogP contribution in [0.25, 0.3) is 0 Å². The molecule has 2 heterocycles. The van der Waals surface area contributed by atoms with Gasteiger partial charge in [0.25, 0.3) is 5.91 Å². The van der Waals surface area contributed by atoms with Crippen molar-refractivity contribution >= 4 is 23.2 Å². The van der Waals surface area contributed by atoms with E-state index in [4.69, 9.17) is 4.42 Å². The number of carbonyl (C=O) groups excluding carboxylic acids is 2. The van der Waals surface area contributed by atoms with Crippen LogP contribution in [-0.4, -0.2) is 17.9 Å². The topological polar surface area (TPSA) is 71.3 Å². The van der Waals surface area contributed by atoms with Gasteiger partial charge in [-0.1, -0.05) is 19.9 Å². The van der Waals surface area contributed by atoms with E-state index in [1.54, 1.807) is 24.7 Å². The molecule has 2 aromatic rings. The quantitative estimate of drug-likeness (QED) is 0.861. The van der Waals surface area contributed by atoms with Crippen molar-refractivity contribution in [2.75, 3.05) is 0 Å². The minimum absolute atomic E-state index is 0.00161. The van der Waals surface area contributed by atoms with Crippen molar-refractivity contribution in [1.82, 2.24) is 10.6 Å². The first-order valence-electron chi connectivity index (χ1n) is 6.71. The van der Waals surface area contributed by atoms with Gasteiger partial charge in [-0.3, -0.25) is 9.59 Å². The molecule has 6 heteroatoms. The van der Waals surface area contributed by atoms with Crippen LogP contribution in [0.5, 0.6) is 0 Å². The first-order valence-corrected chi connectivity index (χ1v) is 7.59. The summed E-state index contributed by atoms with van der Waals surface area (Å²) < 4.78 is 4.95. The molecule has 5 nitrogen and oxygen atoms in total. The van der Waals surface area contributed by atoms with Gasteiger partial charge in [0, 0.05) is 12.1 Å². The van der Waals surface area contributed by atoms with Crippen LogP contribution in [0, 0.1) is 5.92 Å². The van der Waals surface area contributed by atoms with Gasteiger partial charge in [0.2, 0.25) is 5.91 Å². The van der Waals surface area contributed by atoms with Gasteiger partial charge >= 0.3 is 0 Å². The molecule has 0 unspecified atom stereocenters. The molecular formula is C15H18N2O3S. The third-order valence-corrected chi connectivity index (χ3v) is 3.90. The zero-order valence-corrected chi connectivity index (χ0v) is 12.8. The van der Waals surface area contributed by atoms with Gasteiger partial charge in [-0.2, -0.15) is 0 Å². The lowest BCUT2D eigenvalue weighted by molar-refractivity contribution is -0.124. The maximum absolute atomic E-state index is 12.2. The van der Waals surface area contributed by atoms with E-state index in [-0.39, 0.29) is 17.7 Å². The molecule has 0 spiro atoms. The average Bonchev–Trinajstić information content (AvgIpc) is 3.13. The predicted octanol–water partition coefficient (Wildman–Crippen LogP) is 2.41. The van der Waals surface area contributed by atoms with E-state index >= 15 is 0 Å². The second-order valence-corrected chi connectivity index (χ2v) is 5.97. The van der Waals surface area contributed by atoms with Crippen LogP contribution in [0.1, 0.15) is 29.1 Å². The Morgan fingerprint density at radius 2 is 2.14 bits per heavy atom. The van der Waals surface area contributed by atoms with Crippen molar-refractivity contribution in [1.29, 1.82) is 0 Å². The second kappa shape index (κ2) is 7.08. The van der Waals surface area contributed by atoms with Crippen molar-refractivity contribution in [2.24, 2.45) is 5.92 Å². The number of thiophene rings is 1. The Balaban J connectivity index is 1.94. The Hall–Kier alpha value is -2.08. The van der Waals surface area contributed by atoms with E-state index in [1.165, 1.54) is 11.3 Å². The van der Waals surface area contributed by atoms with Gasteiger partial charge in [0.15, 0.2) is 0 Å². The van der Waals surface area contributed by atoms with E-state index < -0.39 is 6.04 Å². The van der Waals surface area contributed by atoms with Crippen molar-refractivity contribution in [3.8, 4) is 0 Å². The van der Waals surface area contributed by atoms with Crippen molar-refractivity contribution in [3.63, 3.8) is 0 Å². The maximum atomic E-state index is 12.2. The highest BCUT2D eigenvalue weighted by molar-refractivity contribution is 7.12. The summed E-state index contributed by atoms with van der Waals surface area (Å²) >= 11 is 1.35. The van der Waals surface area contributed by atoms with Crippen LogP contribution in [0.4, 0.5) is 0 Å². The van der Waals surface area contributed by atoms with E-state index in [1.807, 2.05) is 25.3 Å². The monoisotopic (exact) mass is 306 g/mol. The average molecular weight is 306 g/mol. The van der Waals surface area contributed by atoms with Gasteiger partial charge in [0.05, 0.1) is 17.4 Å². The summed E-state index contributed by atoms with van der Waals surface area (Å²) in [7, 11) is 0. The van der Waals surface area contributed by atoms with Gasteiger partial charge in [-0.15, -0.1) is 11.3 Å². The van der Waals surface area contributed by atoms with Crippen molar-refractivity contribution in [2.45, 2.75) is 26.4 Å². The molecule has 0 aliphatic rings. The molecule has 0 aromatic carbocycles. The Bertz CT molecular complexity index is 576. The molecule has 21 heavy (non-hydrogen) atoms. The molecule has 1 atom stereocenters. The summed E-state index contributed by atoms with van der Waals surface area (Å²) in [5.41, 5.74) is 0.885. The Kier molecular flexibility index (Phi) is 5.16. The second-order valence-electron chi connectivity index (χ2n) is 5.02. The molecule has 2 aromatic heterocycles. The van der Waals surface area contributed by atoms with Crippen LogP contribution in [-0.2, 0) is 11.3 Å². The lowest BCUT2D eigenvalue weighted by atomic mass is 10.0. The molecule has 0 radical (unpaired) electrons. The largest absolute Gasteiger partial charge is 0.472 e. The highest BCUT2D eigenvalue weighted by Crippen LogP contribution is 2.10. The minimum Gasteiger partial charge on any atom is -0.472 e. The summed E-state index contributed by atoms with van der Waals surface area (Å²) in [6, 6.07) is 4.77. The lowest BCUT2D eigenvalue weighted by Gasteiger charge is -2.21. The number of amides is 2. The number of rotatable bonds is 6. The fraction of sp³-hybridized carbons (Fsp3) is 0.333. The molecule has 0 saturated heterocycles. The molecule has 0 bridgehead atoms. The van der Waals surface area contributed by atoms with Gasteiger partial charge in [0.1, 0.15) is 6.04 Å². The summed E-state index contributed by atoms with van der Waals surface area (Å²) in [4.78, 5) is 24.9. The Morgan fingerprint density at radius 3 is 2.71 bits per heavy atom. The van der Waals surface area contributed by atoms with E-state index in [0.717, 1.165) is 5.56 Å². The molecule has 0 saturated carbocycles. The van der Waals surface area contributed by atoms with Crippen LogP contribution < -0.4 is 10.6 Å². The summed E-state index contributed by atoms with van der Waals surface area (Å²) in [5.74, 6) is -0.420. The number of nitrogens with one attached hydrogen (secondary N) is 2. The summed E-state index contributed by atoms with van der Waals surface area (Å²) in [6.45, 7) is 4.18. The third-order valence-electron chi connectivity index (χ3n) is 3.03. The maximum Gasteiger partial charge on any atom is 0.262 e. The highest BCUT2D eigenvalue weighted by Gasteiger charge is 2.24. The molecule has 112 valence electrons. The number of hydrogen-bond donors (Lipinski definition) is 2. The highest BCUT2D eigenvalue weighted by atomic mass is 32.1. The summed E-state index contributed by atoms with van der Waals surface area (Å²) in [6.07, 6.45) is 3.13. The molecule has 0 aliphatic carbocycles. The zero-order chi connectivity index (χ0) is 15.2. The molecular weight excluding hydrogens is 288 g/mol. The zero-order valence-electron chi connectivity index (χ0n) is 12.0. The molecule has 2 amide bonds. The molecule has 2 N–H and O–H groups in total. The van der Waals surface area contributed by atoms with Gasteiger partial charge < -0.3 is 15.1 Å². The van der Waals surface area contributed by atoms with Crippen LogP contribution in [0.3, 0.4) is 0 Å². The minimum atomic E-state index is -0.563. The SMILES string of the molecule is CC(C)[C@@H](NC(=O)c1cccs1)C(=O)NCc1ccoc1. The molecule has 2 rings (SSSR count). The lowest BCUT2D eigenvalue weighted by Crippen LogP contribution is -2.49. The summed E-state index contributed by atoms with van der Waals surface area (Å²) in [5, 5.41) is 7.42. The smallest absolute Gasteiger partial charge is 0.262 e. The number of furan rings is 1. The van der Waals surface area contributed by atoms with E-state index in [9.17, 15) is 9.59 Å². The van der Waals surface area contributed by atoms with Gasteiger partial charge in [-0.25, -0.2) is 0 Å². The van der Waals surface area contributed by atoms with Crippen LogP contribution in [0.15, 0.2) is 40.5 Å². The molecule has 0 fully saturated rings.